The van der Waals surface area contributed by atoms with E-state index in [1.807, 2.05) is 30.3 Å². The largest absolute Gasteiger partial charge is 0.419 e. The highest BCUT2D eigenvalue weighted by molar-refractivity contribution is 7.99. The Bertz CT molecular complexity index is 1060. The van der Waals surface area contributed by atoms with E-state index in [-0.39, 0.29) is 5.25 Å². The van der Waals surface area contributed by atoms with Crippen molar-refractivity contribution >= 4 is 22.7 Å². The van der Waals surface area contributed by atoms with Crippen LogP contribution in [0.25, 0.3) is 22.4 Å². The van der Waals surface area contributed by atoms with Gasteiger partial charge in [-0.3, -0.25) is 0 Å². The first-order chi connectivity index (χ1) is 12.6. The van der Waals surface area contributed by atoms with Crippen molar-refractivity contribution in [2.24, 2.45) is 0 Å². The summed E-state index contributed by atoms with van der Waals surface area (Å²) in [6.07, 6.45) is 0. The summed E-state index contributed by atoms with van der Waals surface area (Å²) in [7, 11) is 0. The van der Waals surface area contributed by atoms with E-state index >= 15 is 0 Å². The molecule has 0 aliphatic heterocycles. The molecule has 0 saturated carbocycles. The highest BCUT2D eigenvalue weighted by Gasteiger charge is 2.17. The van der Waals surface area contributed by atoms with E-state index in [1.165, 1.54) is 16.5 Å². The van der Waals surface area contributed by atoms with E-state index < -0.39 is 0 Å². The lowest BCUT2D eigenvalue weighted by Crippen LogP contribution is -1.93. The maximum Gasteiger partial charge on any atom is 0.247 e. The third kappa shape index (κ3) is 3.22. The normalized spacial score (nSPS) is 12.4. The number of para-hydroxylation sites is 1. The number of rotatable bonds is 4. The lowest BCUT2D eigenvalue weighted by Gasteiger charge is -2.10. The Morgan fingerprint density at radius 2 is 1.73 bits per heavy atom. The fourth-order valence-electron chi connectivity index (χ4n) is 2.92. The predicted octanol–water partition coefficient (Wildman–Crippen LogP) is 5.75. The molecule has 26 heavy (non-hydrogen) atoms. The van der Waals surface area contributed by atoms with E-state index in [4.69, 9.17) is 9.40 Å². The van der Waals surface area contributed by atoms with Crippen LogP contribution in [-0.4, -0.2) is 15.2 Å². The summed E-state index contributed by atoms with van der Waals surface area (Å²) < 4.78 is 5.87. The topological polar surface area (TPSA) is 51.8 Å². The van der Waals surface area contributed by atoms with Crippen LogP contribution in [0.15, 0.2) is 64.0 Å². The molecule has 0 amide bonds. The van der Waals surface area contributed by atoms with Gasteiger partial charge in [0.25, 0.3) is 0 Å². The summed E-state index contributed by atoms with van der Waals surface area (Å²) in [4.78, 5) is 4.84. The van der Waals surface area contributed by atoms with Gasteiger partial charge in [0.15, 0.2) is 0 Å². The van der Waals surface area contributed by atoms with E-state index in [0.717, 1.165) is 16.1 Å². The van der Waals surface area contributed by atoms with Crippen LogP contribution in [0.4, 0.5) is 0 Å². The Morgan fingerprint density at radius 3 is 2.54 bits per heavy atom. The van der Waals surface area contributed by atoms with Crippen LogP contribution >= 0.6 is 11.8 Å². The molecule has 0 saturated heterocycles. The molecule has 0 spiro atoms. The quantitative estimate of drug-likeness (QED) is 0.433. The molecular weight excluding hydrogens is 342 g/mol. The molecule has 0 aliphatic rings. The van der Waals surface area contributed by atoms with Crippen LogP contribution in [0, 0.1) is 13.8 Å². The van der Waals surface area contributed by atoms with Gasteiger partial charge in [-0.15, -0.1) is 10.2 Å². The first-order valence-corrected chi connectivity index (χ1v) is 9.42. The minimum atomic E-state index is 0.0216. The zero-order valence-corrected chi connectivity index (χ0v) is 15.7. The van der Waals surface area contributed by atoms with Crippen molar-refractivity contribution in [3.8, 4) is 11.5 Å². The fourth-order valence-corrected chi connectivity index (χ4v) is 3.87. The Labute approximate surface area is 156 Å². The average Bonchev–Trinajstić information content (AvgIpc) is 3.14. The molecule has 0 radical (unpaired) electrons. The number of fused-ring (bicyclic) bond motifs is 1. The van der Waals surface area contributed by atoms with E-state index in [9.17, 15) is 0 Å². The first-order valence-electron chi connectivity index (χ1n) is 8.54. The Kier molecular flexibility index (Phi) is 4.47. The number of thioether (sulfide) groups is 1. The van der Waals surface area contributed by atoms with Gasteiger partial charge in [0, 0.05) is 10.9 Å². The molecule has 2 aromatic carbocycles. The first kappa shape index (κ1) is 16.8. The summed E-state index contributed by atoms with van der Waals surface area (Å²) >= 11 is 1.64. The summed E-state index contributed by atoms with van der Waals surface area (Å²) in [6.45, 7) is 6.28. The van der Waals surface area contributed by atoms with Crippen LogP contribution in [0.3, 0.4) is 0 Å². The van der Waals surface area contributed by atoms with Gasteiger partial charge in [-0.25, -0.2) is 4.98 Å². The molecule has 5 heteroatoms. The monoisotopic (exact) mass is 361 g/mol. The third-order valence-electron chi connectivity index (χ3n) is 4.33. The number of aryl methyl sites for hydroxylation is 2. The molecule has 0 aliphatic carbocycles. The fraction of sp³-hybridized carbons (Fsp3) is 0.190. The summed E-state index contributed by atoms with van der Waals surface area (Å²) in [5.41, 5.74) is 4.39. The average molecular weight is 361 g/mol. The van der Waals surface area contributed by atoms with Gasteiger partial charge in [-0.2, -0.15) is 0 Å². The summed E-state index contributed by atoms with van der Waals surface area (Å²) in [5.74, 6) is 1.16. The number of aromatic nitrogens is 3. The van der Waals surface area contributed by atoms with Crippen LogP contribution in [0.5, 0.6) is 0 Å². The van der Waals surface area contributed by atoms with Crippen molar-refractivity contribution in [1.29, 1.82) is 0 Å². The SMILES string of the molecule is Cc1cc(S[C@H](C)c2nnc(-c3ccccc3)o2)nc2c(C)cccc12. The van der Waals surface area contributed by atoms with Crippen molar-refractivity contribution in [3.05, 3.63) is 71.6 Å². The summed E-state index contributed by atoms with van der Waals surface area (Å²) in [5, 5.41) is 10.6. The van der Waals surface area contributed by atoms with E-state index in [2.05, 4.69) is 55.2 Å². The van der Waals surface area contributed by atoms with E-state index in [1.54, 1.807) is 11.8 Å². The number of hydrogen-bond acceptors (Lipinski definition) is 5. The maximum atomic E-state index is 5.87. The predicted molar refractivity (Wildman–Crippen MR) is 105 cm³/mol. The van der Waals surface area contributed by atoms with Crippen molar-refractivity contribution in [3.63, 3.8) is 0 Å². The number of hydrogen-bond donors (Lipinski definition) is 0. The standard InChI is InChI=1S/C21H19N3OS/c1-13-8-7-11-17-14(2)12-18(22-19(13)17)26-15(3)20-23-24-21(25-20)16-9-5-4-6-10-16/h4-12,15H,1-3H3/t15-/m1/s1. The minimum Gasteiger partial charge on any atom is -0.419 e. The molecule has 4 aromatic rings. The zero-order chi connectivity index (χ0) is 18.1. The Balaban J connectivity index is 1.61. The number of pyridine rings is 1. The molecule has 0 N–H and O–H groups in total. The van der Waals surface area contributed by atoms with Gasteiger partial charge in [-0.05, 0) is 50.1 Å². The van der Waals surface area contributed by atoms with Crippen molar-refractivity contribution in [2.45, 2.75) is 31.0 Å². The number of nitrogens with zero attached hydrogens (tertiary/aromatic N) is 3. The van der Waals surface area contributed by atoms with Crippen LogP contribution in [0.1, 0.15) is 29.2 Å². The highest BCUT2D eigenvalue weighted by atomic mass is 32.2. The second kappa shape index (κ2) is 6.92. The second-order valence-electron chi connectivity index (χ2n) is 6.32. The second-order valence-corrected chi connectivity index (χ2v) is 7.68. The van der Waals surface area contributed by atoms with Crippen LogP contribution < -0.4 is 0 Å². The molecule has 0 bridgehead atoms. The molecular formula is C21H19N3OS. The molecule has 0 unspecified atom stereocenters. The van der Waals surface area contributed by atoms with Crippen molar-refractivity contribution in [1.82, 2.24) is 15.2 Å². The molecule has 2 aromatic heterocycles. The third-order valence-corrected chi connectivity index (χ3v) is 5.34. The smallest absolute Gasteiger partial charge is 0.247 e. The molecule has 4 nitrogen and oxygen atoms in total. The van der Waals surface area contributed by atoms with Gasteiger partial charge in [0.1, 0.15) is 0 Å². The molecule has 130 valence electrons. The van der Waals surface area contributed by atoms with Crippen LogP contribution in [-0.2, 0) is 0 Å². The highest BCUT2D eigenvalue weighted by Crippen LogP contribution is 2.36. The van der Waals surface area contributed by atoms with E-state index in [0.29, 0.717) is 11.8 Å². The van der Waals surface area contributed by atoms with Gasteiger partial charge in [-0.1, -0.05) is 48.2 Å². The minimum absolute atomic E-state index is 0.0216. The van der Waals surface area contributed by atoms with Crippen molar-refractivity contribution in [2.75, 3.05) is 0 Å². The molecule has 4 rings (SSSR count). The van der Waals surface area contributed by atoms with Gasteiger partial charge in [0.05, 0.1) is 15.8 Å². The molecule has 0 fully saturated rings. The van der Waals surface area contributed by atoms with Gasteiger partial charge >= 0.3 is 0 Å². The van der Waals surface area contributed by atoms with Crippen molar-refractivity contribution < 1.29 is 4.42 Å². The molecule has 2 heterocycles. The maximum absolute atomic E-state index is 5.87. The zero-order valence-electron chi connectivity index (χ0n) is 14.9. The Morgan fingerprint density at radius 1 is 0.923 bits per heavy atom. The van der Waals surface area contributed by atoms with Gasteiger partial charge < -0.3 is 4.42 Å². The lowest BCUT2D eigenvalue weighted by molar-refractivity contribution is 0.509. The number of benzene rings is 2. The molecule has 1 atom stereocenters. The van der Waals surface area contributed by atoms with Crippen LogP contribution in [0.2, 0.25) is 0 Å². The lowest BCUT2D eigenvalue weighted by atomic mass is 10.1. The van der Waals surface area contributed by atoms with Gasteiger partial charge in [0.2, 0.25) is 11.8 Å². The Hall–Kier alpha value is -2.66. The summed E-state index contributed by atoms with van der Waals surface area (Å²) in [6, 6.07) is 18.2.